The summed E-state index contributed by atoms with van der Waals surface area (Å²) >= 11 is 0. The maximum absolute atomic E-state index is 12.6. The Morgan fingerprint density at radius 1 is 0.783 bits per heavy atom. The van der Waals surface area contributed by atoms with Gasteiger partial charge in [0.2, 0.25) is 0 Å². The fraction of sp³-hybridized carbons (Fsp3) is 0.238. The van der Waals surface area contributed by atoms with Crippen LogP contribution < -0.4 is 0 Å². The molecule has 2 nitrogen and oxygen atoms in total. The Morgan fingerprint density at radius 3 is 1.83 bits per heavy atom. The van der Waals surface area contributed by atoms with Crippen LogP contribution in [-0.2, 0) is 9.59 Å². The van der Waals surface area contributed by atoms with Crippen LogP contribution in [-0.4, -0.2) is 11.6 Å². The minimum Gasteiger partial charge on any atom is -0.295 e. The van der Waals surface area contributed by atoms with Crippen molar-refractivity contribution in [1.29, 1.82) is 0 Å². The molecule has 2 aromatic carbocycles. The Kier molecular flexibility index (Phi) is 3.77. The topological polar surface area (TPSA) is 34.1 Å². The Labute approximate surface area is 136 Å². The summed E-state index contributed by atoms with van der Waals surface area (Å²) in [4.78, 5) is 24.5. The summed E-state index contributed by atoms with van der Waals surface area (Å²) in [7, 11) is 0. The van der Waals surface area contributed by atoms with Crippen LogP contribution >= 0.6 is 0 Å². The van der Waals surface area contributed by atoms with Gasteiger partial charge in [-0.3, -0.25) is 9.59 Å². The summed E-state index contributed by atoms with van der Waals surface area (Å²) in [5.41, 5.74) is 4.19. The van der Waals surface area contributed by atoms with Gasteiger partial charge < -0.3 is 0 Å². The number of rotatable bonds is 2. The predicted octanol–water partition coefficient (Wildman–Crippen LogP) is 4.61. The van der Waals surface area contributed by atoms with Gasteiger partial charge in [0.15, 0.2) is 11.6 Å². The zero-order chi connectivity index (χ0) is 16.6. The third-order valence-corrected chi connectivity index (χ3v) is 4.36. The highest BCUT2D eigenvalue weighted by Gasteiger charge is 2.36. The smallest absolute Gasteiger partial charge is 0.169 e. The molecule has 3 rings (SSSR count). The van der Waals surface area contributed by atoms with Gasteiger partial charge in [0.1, 0.15) is 0 Å². The second kappa shape index (κ2) is 5.62. The molecule has 2 heteroatoms. The molecule has 1 aliphatic rings. The first-order chi connectivity index (χ1) is 10.9. The summed E-state index contributed by atoms with van der Waals surface area (Å²) in [5, 5.41) is 0. The normalized spacial score (nSPS) is 17.1. The van der Waals surface area contributed by atoms with Crippen molar-refractivity contribution in [1.82, 2.24) is 0 Å². The van der Waals surface area contributed by atoms with Gasteiger partial charge in [-0.25, -0.2) is 0 Å². The molecule has 23 heavy (non-hydrogen) atoms. The first kappa shape index (κ1) is 15.4. The Hall–Kier alpha value is -2.48. The van der Waals surface area contributed by atoms with Gasteiger partial charge in [-0.2, -0.15) is 0 Å². The molecule has 0 saturated heterocycles. The summed E-state index contributed by atoms with van der Waals surface area (Å²) in [6.07, 6.45) is 1.78. The number of benzene rings is 2. The van der Waals surface area contributed by atoms with Gasteiger partial charge >= 0.3 is 0 Å². The second-order valence-electron chi connectivity index (χ2n) is 6.86. The number of Topliss-reactive ketones (excluding diaryl/α,β-unsaturated/α-hetero) is 1. The fourth-order valence-corrected chi connectivity index (χ4v) is 2.96. The summed E-state index contributed by atoms with van der Waals surface area (Å²) in [6, 6.07) is 16.2. The van der Waals surface area contributed by atoms with Gasteiger partial charge in [-0.15, -0.1) is 0 Å². The molecule has 0 amide bonds. The van der Waals surface area contributed by atoms with Crippen molar-refractivity contribution in [2.24, 2.45) is 5.41 Å². The van der Waals surface area contributed by atoms with E-state index in [9.17, 15) is 9.59 Å². The van der Waals surface area contributed by atoms with Gasteiger partial charge in [-0.1, -0.05) is 67.9 Å². The Bertz CT molecular complexity index is 791. The quantitative estimate of drug-likeness (QED) is 0.811. The molecule has 0 N–H and O–H groups in total. The highest BCUT2D eigenvalue weighted by atomic mass is 16.1. The van der Waals surface area contributed by atoms with Crippen LogP contribution in [0.15, 0.2) is 54.6 Å². The number of carbonyl (C=O) groups excluding carboxylic acids is 2. The molecule has 0 aromatic heterocycles. The molecule has 0 radical (unpaired) electrons. The Balaban J connectivity index is 1.95. The minimum atomic E-state index is -0.614. The van der Waals surface area contributed by atoms with E-state index in [0.29, 0.717) is 5.57 Å². The van der Waals surface area contributed by atoms with Crippen LogP contribution in [0.4, 0.5) is 0 Å². The molecule has 0 saturated carbocycles. The van der Waals surface area contributed by atoms with E-state index >= 15 is 0 Å². The third kappa shape index (κ3) is 3.02. The highest BCUT2D eigenvalue weighted by molar-refractivity contribution is 6.30. The van der Waals surface area contributed by atoms with Gasteiger partial charge in [0.25, 0.3) is 0 Å². The highest BCUT2D eigenvalue weighted by Crippen LogP contribution is 2.35. The number of aryl methyl sites for hydroxylation is 1. The molecule has 0 unspecified atom stereocenters. The van der Waals surface area contributed by atoms with E-state index in [0.717, 1.165) is 16.7 Å². The second-order valence-corrected chi connectivity index (χ2v) is 6.86. The molecule has 2 aromatic rings. The van der Waals surface area contributed by atoms with Crippen LogP contribution in [0.25, 0.3) is 16.7 Å². The predicted molar refractivity (Wildman–Crippen MR) is 93.0 cm³/mol. The number of ketones is 2. The maximum atomic E-state index is 12.6. The molecule has 0 atom stereocenters. The van der Waals surface area contributed by atoms with E-state index in [4.69, 9.17) is 0 Å². The number of hydrogen-bond donors (Lipinski definition) is 0. The number of carbonyl (C=O) groups is 2. The zero-order valence-electron chi connectivity index (χ0n) is 13.7. The number of allylic oxidation sites excluding steroid dienone is 2. The van der Waals surface area contributed by atoms with Crippen molar-refractivity contribution in [3.63, 3.8) is 0 Å². The summed E-state index contributed by atoms with van der Waals surface area (Å²) in [5.74, 6) is 0.0624. The van der Waals surface area contributed by atoms with Crippen molar-refractivity contribution in [3.05, 3.63) is 65.7 Å². The average Bonchev–Trinajstić information content (AvgIpc) is 2.51. The molecular weight excluding hydrogens is 284 g/mol. The zero-order valence-corrected chi connectivity index (χ0v) is 13.7. The molecule has 0 bridgehead atoms. The van der Waals surface area contributed by atoms with E-state index in [2.05, 4.69) is 31.2 Å². The van der Waals surface area contributed by atoms with Crippen LogP contribution in [0.2, 0.25) is 0 Å². The van der Waals surface area contributed by atoms with Crippen molar-refractivity contribution < 1.29 is 9.59 Å². The molecular formula is C21H20O2. The standard InChI is InChI=1S/C21H20O2/c1-14-4-6-15(7-5-14)16-8-10-17(11-9-16)19-12-18(22)13-21(2,3)20(19)23/h4-12H,13H2,1-3H3. The van der Waals surface area contributed by atoms with Gasteiger partial charge in [0.05, 0.1) is 0 Å². The molecule has 0 heterocycles. The summed E-state index contributed by atoms with van der Waals surface area (Å²) in [6.45, 7) is 5.73. The molecule has 1 aliphatic carbocycles. The van der Waals surface area contributed by atoms with E-state index in [-0.39, 0.29) is 18.0 Å². The Morgan fingerprint density at radius 2 is 1.26 bits per heavy atom. The third-order valence-electron chi connectivity index (χ3n) is 4.36. The molecule has 0 aliphatic heterocycles. The fourth-order valence-electron chi connectivity index (χ4n) is 2.96. The lowest BCUT2D eigenvalue weighted by Crippen LogP contribution is -2.31. The van der Waals surface area contributed by atoms with Crippen LogP contribution in [0.5, 0.6) is 0 Å². The van der Waals surface area contributed by atoms with Crippen molar-refractivity contribution >= 4 is 17.1 Å². The number of hydrogen-bond acceptors (Lipinski definition) is 2. The van der Waals surface area contributed by atoms with Crippen LogP contribution in [0.1, 0.15) is 31.4 Å². The van der Waals surface area contributed by atoms with Crippen molar-refractivity contribution in [2.45, 2.75) is 27.2 Å². The van der Waals surface area contributed by atoms with Crippen LogP contribution in [0.3, 0.4) is 0 Å². The lowest BCUT2D eigenvalue weighted by molar-refractivity contribution is -0.127. The largest absolute Gasteiger partial charge is 0.295 e. The summed E-state index contributed by atoms with van der Waals surface area (Å²) < 4.78 is 0. The molecule has 0 fully saturated rings. The lowest BCUT2D eigenvalue weighted by Gasteiger charge is -2.27. The lowest BCUT2D eigenvalue weighted by atomic mass is 9.74. The van der Waals surface area contributed by atoms with Gasteiger partial charge in [0, 0.05) is 17.4 Å². The first-order valence-electron chi connectivity index (χ1n) is 7.84. The maximum Gasteiger partial charge on any atom is 0.169 e. The monoisotopic (exact) mass is 304 g/mol. The first-order valence-corrected chi connectivity index (χ1v) is 7.84. The van der Waals surface area contributed by atoms with E-state index in [1.165, 1.54) is 11.6 Å². The minimum absolute atomic E-state index is 0.0206. The van der Waals surface area contributed by atoms with E-state index < -0.39 is 5.41 Å². The molecule has 0 spiro atoms. The van der Waals surface area contributed by atoms with Crippen LogP contribution in [0, 0.1) is 12.3 Å². The SMILES string of the molecule is Cc1ccc(-c2ccc(C3=CC(=O)CC(C)(C)C3=O)cc2)cc1. The average molecular weight is 304 g/mol. The van der Waals surface area contributed by atoms with Gasteiger partial charge in [-0.05, 0) is 29.7 Å². The van der Waals surface area contributed by atoms with Crippen molar-refractivity contribution in [2.75, 3.05) is 0 Å². The van der Waals surface area contributed by atoms with Crippen molar-refractivity contribution in [3.8, 4) is 11.1 Å². The van der Waals surface area contributed by atoms with E-state index in [1.807, 2.05) is 38.1 Å². The van der Waals surface area contributed by atoms with E-state index in [1.54, 1.807) is 0 Å². The molecule has 116 valence electrons.